The maximum Gasteiger partial charge on any atom is 0.347 e. The molecule has 0 aliphatic rings. The summed E-state index contributed by atoms with van der Waals surface area (Å²) in [5, 5.41) is 3.75. The van der Waals surface area contributed by atoms with Gasteiger partial charge in [0.05, 0.1) is 18.6 Å². The molecule has 172 valence electrons. The second-order valence-corrected chi connectivity index (χ2v) is 7.18. The molecule has 2 aromatic heterocycles. The van der Waals surface area contributed by atoms with Crippen LogP contribution < -0.4 is 5.32 Å². The molecule has 4 rings (SSSR count). The number of benzene rings is 2. The molecule has 0 radical (unpaired) electrons. The van der Waals surface area contributed by atoms with E-state index in [0.717, 1.165) is 22.2 Å². The van der Waals surface area contributed by atoms with Gasteiger partial charge in [-0.25, -0.2) is 19.6 Å². The van der Waals surface area contributed by atoms with Gasteiger partial charge in [0.2, 0.25) is 0 Å². The molecule has 0 saturated carbocycles. The van der Waals surface area contributed by atoms with Gasteiger partial charge in [0.1, 0.15) is 12.1 Å². The summed E-state index contributed by atoms with van der Waals surface area (Å²) < 4.78 is 12.0. The molecule has 34 heavy (non-hydrogen) atoms. The number of nitrogens with zero attached hydrogens (tertiary/aromatic N) is 3. The molecule has 0 atom stereocenters. The van der Waals surface area contributed by atoms with Crippen LogP contribution in [0.4, 0.5) is 5.82 Å². The van der Waals surface area contributed by atoms with Gasteiger partial charge >= 0.3 is 11.9 Å². The molecule has 0 aliphatic carbocycles. The predicted octanol–water partition coefficient (Wildman–Crippen LogP) is 4.51. The summed E-state index contributed by atoms with van der Waals surface area (Å²) in [4.78, 5) is 33.6. The van der Waals surface area contributed by atoms with Crippen LogP contribution in [0.2, 0.25) is 0 Å². The molecule has 1 N–H and O–H groups in total. The predicted molar refractivity (Wildman–Crippen MR) is 129 cm³/mol. The second-order valence-electron chi connectivity index (χ2n) is 7.18. The third-order valence-electron chi connectivity index (χ3n) is 5.05. The topological polar surface area (TPSA) is 95.3 Å². The number of hydrogen-bond donors (Lipinski definition) is 1. The first-order valence-corrected chi connectivity index (χ1v) is 10.9. The van der Waals surface area contributed by atoms with Crippen molar-refractivity contribution in [3.63, 3.8) is 0 Å². The van der Waals surface area contributed by atoms with Crippen molar-refractivity contribution in [3.05, 3.63) is 85.0 Å². The smallest absolute Gasteiger partial charge is 0.347 e. The molecule has 2 aromatic carbocycles. The fraction of sp³-hybridized carbons (Fsp3) is 0.154. The average molecular weight is 457 g/mol. The Hall–Kier alpha value is -4.46. The van der Waals surface area contributed by atoms with Crippen molar-refractivity contribution in [2.24, 2.45) is 0 Å². The van der Waals surface area contributed by atoms with Gasteiger partial charge in [-0.05, 0) is 31.5 Å². The summed E-state index contributed by atoms with van der Waals surface area (Å²) in [7, 11) is 0. The van der Waals surface area contributed by atoms with Crippen molar-refractivity contribution in [1.29, 1.82) is 0 Å². The van der Waals surface area contributed by atoms with Crippen LogP contribution in [0.5, 0.6) is 0 Å². The van der Waals surface area contributed by atoms with Crippen molar-refractivity contribution in [2.45, 2.75) is 13.8 Å². The van der Waals surface area contributed by atoms with Crippen LogP contribution in [0, 0.1) is 0 Å². The van der Waals surface area contributed by atoms with E-state index < -0.39 is 11.9 Å². The number of carbonyl (C=O) groups excluding carboxylic acids is 2. The van der Waals surface area contributed by atoms with Gasteiger partial charge in [-0.3, -0.25) is 0 Å². The lowest BCUT2D eigenvalue weighted by molar-refractivity contribution is -0.146. The first kappa shape index (κ1) is 22.7. The molecule has 0 aliphatic heterocycles. The number of para-hydroxylation sites is 1. The average Bonchev–Trinajstić information content (AvgIpc) is 3.26. The van der Waals surface area contributed by atoms with Crippen LogP contribution in [-0.4, -0.2) is 39.7 Å². The number of aromatic nitrogens is 3. The Bertz CT molecular complexity index is 1310. The molecular formula is C26H24N4O4. The Morgan fingerprint density at radius 3 is 2.15 bits per heavy atom. The minimum Gasteiger partial charge on any atom is -0.462 e. The highest BCUT2D eigenvalue weighted by Gasteiger charge is 2.22. The maximum absolute atomic E-state index is 12.4. The number of rotatable bonds is 8. The van der Waals surface area contributed by atoms with E-state index in [4.69, 9.17) is 9.47 Å². The molecular weight excluding hydrogens is 432 g/mol. The SMILES string of the molecule is CCOC(=O)C(=CNc1ncnc2c1c(-c1ccccc1)cn2-c1ccccc1)C(=O)OCC. The molecule has 0 amide bonds. The first-order valence-electron chi connectivity index (χ1n) is 10.9. The standard InChI is InChI=1S/C26H24N4O4/c1-3-33-25(31)20(26(32)34-4-2)15-27-23-22-21(18-11-7-5-8-12-18)16-30(24(22)29-17-28-23)19-13-9-6-10-14-19/h5-17H,3-4H2,1-2H3,(H,27,28,29). The lowest BCUT2D eigenvalue weighted by Crippen LogP contribution is -2.19. The van der Waals surface area contributed by atoms with Gasteiger partial charge in [-0.2, -0.15) is 0 Å². The molecule has 2 heterocycles. The normalized spacial score (nSPS) is 10.5. The quantitative estimate of drug-likeness (QED) is 0.180. The van der Waals surface area contributed by atoms with Gasteiger partial charge in [-0.1, -0.05) is 48.5 Å². The van der Waals surface area contributed by atoms with Gasteiger partial charge in [0.15, 0.2) is 11.2 Å². The van der Waals surface area contributed by atoms with Gasteiger partial charge in [0, 0.05) is 23.6 Å². The number of fused-ring (bicyclic) bond motifs is 1. The number of esters is 2. The number of anilines is 1. The van der Waals surface area contributed by atoms with Crippen molar-refractivity contribution < 1.29 is 19.1 Å². The number of carbonyl (C=O) groups is 2. The highest BCUT2D eigenvalue weighted by atomic mass is 16.6. The van der Waals surface area contributed by atoms with E-state index in [1.54, 1.807) is 13.8 Å². The molecule has 4 aromatic rings. The zero-order valence-electron chi connectivity index (χ0n) is 18.9. The van der Waals surface area contributed by atoms with E-state index in [1.807, 2.05) is 71.4 Å². The van der Waals surface area contributed by atoms with Gasteiger partial charge in [-0.15, -0.1) is 0 Å². The Morgan fingerprint density at radius 1 is 0.912 bits per heavy atom. The van der Waals surface area contributed by atoms with Crippen LogP contribution in [-0.2, 0) is 19.1 Å². The molecule has 0 bridgehead atoms. The highest BCUT2D eigenvalue weighted by molar-refractivity contribution is 6.14. The van der Waals surface area contributed by atoms with Crippen LogP contribution in [0.25, 0.3) is 27.8 Å². The molecule has 0 saturated heterocycles. The van der Waals surface area contributed by atoms with Crippen LogP contribution in [0.1, 0.15) is 13.8 Å². The van der Waals surface area contributed by atoms with E-state index in [2.05, 4.69) is 15.3 Å². The minimum atomic E-state index is -0.774. The number of hydrogen-bond acceptors (Lipinski definition) is 7. The van der Waals surface area contributed by atoms with Crippen molar-refractivity contribution in [1.82, 2.24) is 14.5 Å². The molecule has 8 heteroatoms. The van der Waals surface area contributed by atoms with Crippen LogP contribution in [0.3, 0.4) is 0 Å². The molecule has 0 unspecified atom stereocenters. The highest BCUT2D eigenvalue weighted by Crippen LogP contribution is 2.35. The largest absolute Gasteiger partial charge is 0.462 e. The van der Waals surface area contributed by atoms with Gasteiger partial charge in [0.25, 0.3) is 0 Å². The van der Waals surface area contributed by atoms with Crippen LogP contribution in [0.15, 0.2) is 85.0 Å². The number of ether oxygens (including phenoxy) is 2. The minimum absolute atomic E-state index is 0.130. The zero-order chi connectivity index (χ0) is 23.9. The van der Waals surface area contributed by atoms with E-state index in [-0.39, 0.29) is 18.8 Å². The van der Waals surface area contributed by atoms with E-state index in [9.17, 15) is 9.59 Å². The van der Waals surface area contributed by atoms with Crippen molar-refractivity contribution in [3.8, 4) is 16.8 Å². The number of nitrogens with one attached hydrogen (secondary N) is 1. The third kappa shape index (κ3) is 4.66. The first-order chi connectivity index (χ1) is 16.6. The summed E-state index contributed by atoms with van der Waals surface area (Å²) >= 11 is 0. The van der Waals surface area contributed by atoms with Crippen molar-refractivity contribution in [2.75, 3.05) is 18.5 Å². The van der Waals surface area contributed by atoms with Crippen molar-refractivity contribution >= 4 is 28.8 Å². The summed E-state index contributed by atoms with van der Waals surface area (Å²) in [6, 6.07) is 19.7. The Kier molecular flexibility index (Phi) is 6.98. The van der Waals surface area contributed by atoms with Gasteiger partial charge < -0.3 is 19.4 Å². The molecule has 0 fully saturated rings. The monoisotopic (exact) mass is 456 g/mol. The lowest BCUT2D eigenvalue weighted by atomic mass is 10.1. The van der Waals surface area contributed by atoms with E-state index >= 15 is 0 Å². The third-order valence-corrected chi connectivity index (χ3v) is 5.05. The zero-order valence-corrected chi connectivity index (χ0v) is 18.9. The molecule has 0 spiro atoms. The fourth-order valence-electron chi connectivity index (χ4n) is 3.55. The molecule has 8 nitrogen and oxygen atoms in total. The maximum atomic E-state index is 12.4. The summed E-state index contributed by atoms with van der Waals surface area (Å²) in [6.07, 6.45) is 4.70. The summed E-state index contributed by atoms with van der Waals surface area (Å²) in [6.45, 7) is 3.60. The second kappa shape index (κ2) is 10.4. The van der Waals surface area contributed by atoms with E-state index in [1.165, 1.54) is 12.5 Å². The van der Waals surface area contributed by atoms with E-state index in [0.29, 0.717) is 11.5 Å². The lowest BCUT2D eigenvalue weighted by Gasteiger charge is -2.09. The Labute approximate surface area is 196 Å². The summed E-state index contributed by atoms with van der Waals surface area (Å²) in [5.41, 5.74) is 3.22. The Balaban J connectivity index is 1.86. The Morgan fingerprint density at radius 2 is 1.53 bits per heavy atom. The fourth-order valence-corrected chi connectivity index (χ4v) is 3.55. The summed E-state index contributed by atoms with van der Waals surface area (Å²) in [5.74, 6) is -1.11. The van der Waals surface area contributed by atoms with Crippen LogP contribution >= 0.6 is 0 Å².